The Hall–Kier alpha value is -8.74. The van der Waals surface area contributed by atoms with Crippen LogP contribution in [0.15, 0.2) is 54.7 Å². The van der Waals surface area contributed by atoms with Crippen LogP contribution in [0.3, 0.4) is 0 Å². The van der Waals surface area contributed by atoms with Gasteiger partial charge in [0.25, 0.3) is 0 Å². The molecule has 0 aliphatic carbocycles. The Bertz CT molecular complexity index is 2650. The first-order valence-electron chi connectivity index (χ1n) is 24.2. The normalized spacial score (nSPS) is 14.9. The van der Waals surface area contributed by atoms with Gasteiger partial charge < -0.3 is 94.9 Å². The van der Waals surface area contributed by atoms with E-state index in [0.717, 1.165) is 6.92 Å². The number of aliphatic hydroxyl groups excluding tert-OH is 3. The topological polar surface area (TPSA) is 502 Å². The quantitative estimate of drug-likeness (QED) is 0.0276. The third kappa shape index (κ3) is 19.8. The number of rotatable bonds is 32. The summed E-state index contributed by atoms with van der Waals surface area (Å²) in [6.45, 7) is 0.476. The van der Waals surface area contributed by atoms with E-state index in [2.05, 4.69) is 52.8 Å². The molecule has 20 N–H and O–H groups in total. The zero-order chi connectivity index (χ0) is 58.4. The van der Waals surface area contributed by atoms with Crippen LogP contribution in [0.5, 0.6) is 5.75 Å². The summed E-state index contributed by atoms with van der Waals surface area (Å²) < 4.78 is 0. The number of phenolic OH excluding ortho intramolecular Hbond substituents is 1. The number of aromatic amines is 1. The van der Waals surface area contributed by atoms with Gasteiger partial charge in [-0.25, -0.2) is 4.79 Å². The van der Waals surface area contributed by atoms with Crippen LogP contribution in [0.25, 0.3) is 10.9 Å². The number of nitrogens with one attached hydrogen (secondary N) is 10. The highest BCUT2D eigenvalue weighted by Crippen LogP contribution is 2.20. The monoisotopic (exact) mass is 1100 g/mol. The standard InChI is InChI=1S/C48H66N12O18/c1-4-22(2)39(59-45(74)34(21-62)57-44(73)31(16-38(68)69)53-36(66)17-49)46(75)60-40(23(3)63)47(76)58-33(20-61)41(70)52-19-37(67)54-29(13-24-9-11-26(64)12-10-24)42(71)55-30(43(72)56-32(48(77)78)15-35(50)65)14-25-18-51-28-8-6-5-7-27(25)28/h5-12,18,22-23,29-34,39-40,51,61-64H,4,13-17,19-21,49H2,1-3H3,(H2,50,65)(H,52,70)(H,53,66)(H,54,67)(H,55,71)(H,56,72)(H,57,73)(H,58,76)(H,59,74)(H,60,75)(H,68,69)(H,77,78)/t22-,23+,29-,30-,31-,32-,33-,34-,39-,40-/m0/s1. The van der Waals surface area contributed by atoms with Crippen LogP contribution in [-0.4, -0.2) is 187 Å². The molecule has 2 aromatic carbocycles. The van der Waals surface area contributed by atoms with E-state index in [1.165, 1.54) is 31.2 Å². The molecular formula is C48H66N12O18. The lowest BCUT2D eigenvalue weighted by Gasteiger charge is -2.29. The van der Waals surface area contributed by atoms with Crippen LogP contribution in [-0.2, 0) is 70.4 Å². The molecule has 3 aromatic rings. The molecule has 3 rings (SSSR count). The van der Waals surface area contributed by atoms with Crippen molar-refractivity contribution in [2.75, 3.05) is 26.3 Å². The van der Waals surface area contributed by atoms with Crippen LogP contribution in [0.1, 0.15) is 51.2 Å². The van der Waals surface area contributed by atoms with Crippen molar-refractivity contribution in [3.05, 3.63) is 65.9 Å². The zero-order valence-electron chi connectivity index (χ0n) is 42.6. The van der Waals surface area contributed by atoms with Gasteiger partial charge in [0.05, 0.1) is 45.2 Å². The zero-order valence-corrected chi connectivity index (χ0v) is 42.6. The first-order chi connectivity index (χ1) is 36.8. The minimum Gasteiger partial charge on any atom is -0.508 e. The number of phenols is 1. The number of primary amides is 1. The van der Waals surface area contributed by atoms with E-state index in [1.807, 2.05) is 0 Å². The average molecular weight is 1100 g/mol. The van der Waals surface area contributed by atoms with Crippen LogP contribution >= 0.6 is 0 Å². The fourth-order valence-electron chi connectivity index (χ4n) is 7.45. The van der Waals surface area contributed by atoms with Gasteiger partial charge in [-0.15, -0.1) is 0 Å². The molecule has 0 saturated carbocycles. The van der Waals surface area contributed by atoms with E-state index in [1.54, 1.807) is 37.4 Å². The highest BCUT2D eigenvalue weighted by atomic mass is 16.4. The van der Waals surface area contributed by atoms with Gasteiger partial charge in [-0.1, -0.05) is 50.6 Å². The van der Waals surface area contributed by atoms with Gasteiger partial charge in [0.15, 0.2) is 0 Å². The minimum absolute atomic E-state index is 0.139. The maximum absolute atomic E-state index is 14.1. The van der Waals surface area contributed by atoms with Crippen LogP contribution < -0.4 is 59.3 Å². The number of amides is 10. The summed E-state index contributed by atoms with van der Waals surface area (Å²) in [5, 5.41) is 80.3. The second-order valence-corrected chi connectivity index (χ2v) is 17.9. The van der Waals surface area contributed by atoms with Crippen molar-refractivity contribution in [1.29, 1.82) is 0 Å². The van der Waals surface area contributed by atoms with E-state index < -0.39 is 171 Å². The summed E-state index contributed by atoms with van der Waals surface area (Å²) in [4.78, 5) is 158. The fraction of sp³-hybridized carbons (Fsp3) is 0.458. The molecule has 78 heavy (non-hydrogen) atoms. The average Bonchev–Trinajstić information content (AvgIpc) is 3.80. The number of hydrogen-bond donors (Lipinski definition) is 18. The molecule has 1 aromatic heterocycles. The van der Waals surface area contributed by atoms with Crippen molar-refractivity contribution in [3.8, 4) is 5.75 Å². The second kappa shape index (κ2) is 30.7. The predicted molar refractivity (Wildman–Crippen MR) is 270 cm³/mol. The Morgan fingerprint density at radius 2 is 1.10 bits per heavy atom. The number of fused-ring (bicyclic) bond motifs is 1. The molecule has 0 fully saturated rings. The maximum atomic E-state index is 14.1. The lowest BCUT2D eigenvalue weighted by atomic mass is 9.97. The number of aliphatic carboxylic acids is 2. The predicted octanol–water partition coefficient (Wildman–Crippen LogP) is -6.54. The van der Waals surface area contributed by atoms with E-state index >= 15 is 0 Å². The van der Waals surface area contributed by atoms with Gasteiger partial charge >= 0.3 is 11.9 Å². The number of carbonyl (C=O) groups is 12. The molecule has 426 valence electrons. The number of H-pyrrole nitrogens is 1. The van der Waals surface area contributed by atoms with Gasteiger partial charge in [0.2, 0.25) is 59.1 Å². The summed E-state index contributed by atoms with van der Waals surface area (Å²) in [6.07, 6.45) is -2.21. The Kier molecular flexibility index (Phi) is 25.0. The number of aromatic hydroxyl groups is 1. The van der Waals surface area contributed by atoms with Crippen molar-refractivity contribution >= 4 is 81.9 Å². The van der Waals surface area contributed by atoms with E-state index in [-0.39, 0.29) is 25.0 Å². The van der Waals surface area contributed by atoms with Crippen LogP contribution in [0.2, 0.25) is 0 Å². The van der Waals surface area contributed by atoms with Gasteiger partial charge in [0, 0.05) is 29.9 Å². The van der Waals surface area contributed by atoms with Crippen LogP contribution in [0.4, 0.5) is 0 Å². The fourth-order valence-corrected chi connectivity index (χ4v) is 7.45. The Morgan fingerprint density at radius 1 is 0.590 bits per heavy atom. The van der Waals surface area contributed by atoms with Crippen molar-refractivity contribution in [1.82, 2.24) is 52.8 Å². The number of para-hydroxylation sites is 1. The number of nitrogens with two attached hydrogens (primary N) is 2. The summed E-state index contributed by atoms with van der Waals surface area (Å²) in [6, 6.07) is -1.33. The van der Waals surface area contributed by atoms with Crippen molar-refractivity contribution < 1.29 is 88.2 Å². The Labute approximate surface area is 444 Å². The first kappa shape index (κ1) is 63.6. The molecule has 0 unspecified atom stereocenters. The lowest BCUT2D eigenvalue weighted by Crippen LogP contribution is -2.63. The number of carboxylic acid groups (broad SMARTS) is 2. The third-order valence-corrected chi connectivity index (χ3v) is 11.9. The molecule has 0 spiro atoms. The SMILES string of the molecule is CC[C@H](C)[C@H](NC(=O)[C@H](CO)NC(=O)[C@H](CC(=O)O)NC(=O)CN)C(=O)N[C@H](C(=O)N[C@@H](CO)C(=O)NCC(=O)N[C@@H](Cc1ccc(O)cc1)C(=O)N[C@@H](Cc1c[nH]c2ccccc12)C(=O)N[C@@H](CC(N)=O)C(=O)O)[C@@H](C)O. The molecule has 10 atom stereocenters. The number of hydrogen-bond acceptors (Lipinski definition) is 17. The molecule has 0 aliphatic heterocycles. The Morgan fingerprint density at radius 3 is 1.67 bits per heavy atom. The van der Waals surface area contributed by atoms with Gasteiger partial charge in [-0.2, -0.15) is 0 Å². The van der Waals surface area contributed by atoms with E-state index in [0.29, 0.717) is 22.0 Å². The van der Waals surface area contributed by atoms with Crippen molar-refractivity contribution in [2.24, 2.45) is 17.4 Å². The van der Waals surface area contributed by atoms with Crippen molar-refractivity contribution in [2.45, 2.75) is 107 Å². The van der Waals surface area contributed by atoms with Gasteiger partial charge in [0.1, 0.15) is 54.1 Å². The highest BCUT2D eigenvalue weighted by Gasteiger charge is 2.37. The second-order valence-electron chi connectivity index (χ2n) is 17.9. The molecule has 1 heterocycles. The van der Waals surface area contributed by atoms with E-state index in [4.69, 9.17) is 11.5 Å². The first-order valence-corrected chi connectivity index (χ1v) is 24.2. The number of carbonyl (C=O) groups excluding carboxylic acids is 10. The van der Waals surface area contributed by atoms with Gasteiger partial charge in [-0.05, 0) is 42.2 Å². The molecule has 10 amide bonds. The molecule has 0 aliphatic rings. The summed E-state index contributed by atoms with van der Waals surface area (Å²) in [5.41, 5.74) is 12.0. The number of aliphatic hydroxyl groups is 3. The molecule has 0 saturated heterocycles. The van der Waals surface area contributed by atoms with Gasteiger partial charge in [-0.3, -0.25) is 52.7 Å². The number of aromatic nitrogens is 1. The summed E-state index contributed by atoms with van der Waals surface area (Å²) >= 11 is 0. The molecule has 0 bridgehead atoms. The molecule has 30 heteroatoms. The number of benzene rings is 2. The van der Waals surface area contributed by atoms with E-state index in [9.17, 15) is 88.2 Å². The highest BCUT2D eigenvalue weighted by molar-refractivity contribution is 5.99. The third-order valence-electron chi connectivity index (χ3n) is 11.9. The number of carboxylic acids is 2. The van der Waals surface area contributed by atoms with Crippen LogP contribution in [0, 0.1) is 5.92 Å². The molecular weight excluding hydrogens is 1030 g/mol. The largest absolute Gasteiger partial charge is 0.508 e. The summed E-state index contributed by atoms with van der Waals surface area (Å²) in [5.74, 6) is -14.9. The molecule has 0 radical (unpaired) electrons. The lowest BCUT2D eigenvalue weighted by molar-refractivity contribution is -0.143. The summed E-state index contributed by atoms with van der Waals surface area (Å²) in [7, 11) is 0. The molecule has 30 nitrogen and oxygen atoms in total. The maximum Gasteiger partial charge on any atom is 0.326 e. The Balaban J connectivity index is 1.78. The minimum atomic E-state index is -1.89. The smallest absolute Gasteiger partial charge is 0.326 e. The van der Waals surface area contributed by atoms with Crippen molar-refractivity contribution in [3.63, 3.8) is 0 Å².